The summed E-state index contributed by atoms with van der Waals surface area (Å²) < 4.78 is 42.7. The Bertz CT molecular complexity index is 481. The summed E-state index contributed by atoms with van der Waals surface area (Å²) in [5, 5.41) is 3.80. The number of alkyl halides is 3. The Morgan fingerprint density at radius 2 is 2.00 bits per heavy atom. The predicted molar refractivity (Wildman–Crippen MR) is 79.6 cm³/mol. The second kappa shape index (κ2) is 7.89. The minimum absolute atomic E-state index is 0.00681. The van der Waals surface area contributed by atoms with E-state index in [2.05, 4.69) is 5.16 Å². The highest BCUT2D eigenvalue weighted by Gasteiger charge is 2.33. The highest BCUT2D eigenvalue weighted by Crippen LogP contribution is 2.21. The Labute approximate surface area is 132 Å². The Morgan fingerprint density at radius 3 is 2.45 bits per heavy atom. The molecule has 0 atom stereocenters. The monoisotopic (exact) mass is 338 g/mol. The SMILES string of the molecule is Cc1noc(C)c1CSCC(=O)N(CC(C)C)CC(F)(F)F. The van der Waals surface area contributed by atoms with Crippen LogP contribution in [0.15, 0.2) is 4.52 Å². The molecule has 0 saturated heterocycles. The zero-order chi connectivity index (χ0) is 16.9. The number of halogens is 3. The normalized spacial score (nSPS) is 12.0. The summed E-state index contributed by atoms with van der Waals surface area (Å²) in [6.07, 6.45) is -4.38. The molecule has 0 aromatic carbocycles. The molecule has 0 bridgehead atoms. The van der Waals surface area contributed by atoms with Crippen LogP contribution in [-0.2, 0) is 10.5 Å². The first kappa shape index (κ1) is 18.9. The fraction of sp³-hybridized carbons (Fsp3) is 0.714. The van der Waals surface area contributed by atoms with Crippen LogP contribution in [0, 0.1) is 19.8 Å². The van der Waals surface area contributed by atoms with Gasteiger partial charge in [-0.1, -0.05) is 19.0 Å². The van der Waals surface area contributed by atoms with Gasteiger partial charge in [-0.2, -0.15) is 13.2 Å². The summed E-state index contributed by atoms with van der Waals surface area (Å²) in [5.41, 5.74) is 1.64. The first-order valence-electron chi connectivity index (χ1n) is 6.94. The number of thioether (sulfide) groups is 1. The summed E-state index contributed by atoms with van der Waals surface area (Å²) >= 11 is 1.27. The second-order valence-corrected chi connectivity index (χ2v) is 6.56. The van der Waals surface area contributed by atoms with Gasteiger partial charge in [0, 0.05) is 17.9 Å². The first-order valence-corrected chi connectivity index (χ1v) is 8.09. The molecule has 0 N–H and O–H groups in total. The van der Waals surface area contributed by atoms with Crippen molar-refractivity contribution in [3.8, 4) is 0 Å². The summed E-state index contributed by atoms with van der Waals surface area (Å²) in [6.45, 7) is 6.04. The molecule has 0 aliphatic heterocycles. The third-order valence-corrected chi connectivity index (χ3v) is 3.91. The van der Waals surface area contributed by atoms with Gasteiger partial charge in [0.2, 0.25) is 5.91 Å². The lowest BCUT2D eigenvalue weighted by Crippen LogP contribution is -2.42. The van der Waals surface area contributed by atoms with Crippen LogP contribution in [0.2, 0.25) is 0 Å². The van der Waals surface area contributed by atoms with Crippen LogP contribution in [0.4, 0.5) is 13.2 Å². The van der Waals surface area contributed by atoms with Crippen molar-refractivity contribution in [2.45, 2.75) is 39.6 Å². The molecule has 0 radical (unpaired) electrons. The predicted octanol–water partition coefficient (Wildman–Crippen LogP) is 3.57. The minimum atomic E-state index is -4.38. The maximum Gasteiger partial charge on any atom is 0.406 e. The summed E-state index contributed by atoms with van der Waals surface area (Å²) in [4.78, 5) is 12.9. The number of hydrogen-bond acceptors (Lipinski definition) is 4. The topological polar surface area (TPSA) is 46.3 Å². The molecule has 1 amide bonds. The van der Waals surface area contributed by atoms with E-state index >= 15 is 0 Å². The first-order chi connectivity index (χ1) is 10.1. The molecule has 1 aromatic rings. The van der Waals surface area contributed by atoms with Gasteiger partial charge < -0.3 is 9.42 Å². The van der Waals surface area contributed by atoms with Crippen molar-refractivity contribution in [2.24, 2.45) is 5.92 Å². The van der Waals surface area contributed by atoms with Crippen molar-refractivity contribution < 1.29 is 22.5 Å². The van der Waals surface area contributed by atoms with E-state index in [-0.39, 0.29) is 18.2 Å². The third-order valence-electron chi connectivity index (χ3n) is 2.96. The number of nitrogens with zero attached hydrogens (tertiary/aromatic N) is 2. The van der Waals surface area contributed by atoms with Crippen LogP contribution in [-0.4, -0.2) is 41.0 Å². The average molecular weight is 338 g/mol. The van der Waals surface area contributed by atoms with E-state index in [9.17, 15) is 18.0 Å². The fourth-order valence-corrected chi connectivity index (χ4v) is 3.03. The molecule has 0 fully saturated rings. The average Bonchev–Trinajstić information content (AvgIpc) is 2.67. The van der Waals surface area contributed by atoms with Gasteiger partial charge in [-0.3, -0.25) is 4.79 Å². The number of carbonyl (C=O) groups excluding carboxylic acids is 1. The smallest absolute Gasteiger partial charge is 0.361 e. The molecule has 0 spiro atoms. The van der Waals surface area contributed by atoms with E-state index in [0.29, 0.717) is 11.5 Å². The largest absolute Gasteiger partial charge is 0.406 e. The van der Waals surface area contributed by atoms with Crippen LogP contribution in [0.5, 0.6) is 0 Å². The van der Waals surface area contributed by atoms with Crippen LogP contribution in [0.1, 0.15) is 30.9 Å². The van der Waals surface area contributed by atoms with E-state index in [1.54, 1.807) is 27.7 Å². The van der Waals surface area contributed by atoms with Gasteiger partial charge in [0.25, 0.3) is 0 Å². The van der Waals surface area contributed by atoms with Gasteiger partial charge in [-0.05, 0) is 19.8 Å². The molecule has 0 saturated carbocycles. The van der Waals surface area contributed by atoms with E-state index < -0.39 is 18.6 Å². The second-order valence-electron chi connectivity index (χ2n) is 5.58. The molecule has 1 heterocycles. The van der Waals surface area contributed by atoms with Gasteiger partial charge in [-0.15, -0.1) is 11.8 Å². The zero-order valence-corrected chi connectivity index (χ0v) is 14.0. The van der Waals surface area contributed by atoms with Gasteiger partial charge in [-0.25, -0.2) is 0 Å². The van der Waals surface area contributed by atoms with Crippen LogP contribution < -0.4 is 0 Å². The number of aryl methyl sites for hydroxylation is 2. The maximum atomic E-state index is 12.5. The number of amides is 1. The number of carbonyl (C=O) groups is 1. The maximum absolute atomic E-state index is 12.5. The zero-order valence-electron chi connectivity index (χ0n) is 13.2. The quantitative estimate of drug-likeness (QED) is 0.762. The fourth-order valence-electron chi connectivity index (χ4n) is 1.95. The number of hydrogen-bond donors (Lipinski definition) is 0. The molecule has 8 heteroatoms. The molecule has 4 nitrogen and oxygen atoms in total. The van der Waals surface area contributed by atoms with Crippen molar-refractivity contribution in [2.75, 3.05) is 18.8 Å². The molecule has 1 rings (SSSR count). The molecule has 0 unspecified atom stereocenters. The highest BCUT2D eigenvalue weighted by atomic mass is 32.2. The van der Waals surface area contributed by atoms with Crippen molar-refractivity contribution in [1.29, 1.82) is 0 Å². The highest BCUT2D eigenvalue weighted by molar-refractivity contribution is 7.99. The third kappa shape index (κ3) is 6.29. The van der Waals surface area contributed by atoms with Crippen molar-refractivity contribution in [1.82, 2.24) is 10.1 Å². The minimum Gasteiger partial charge on any atom is -0.361 e. The molecule has 0 aliphatic carbocycles. The molecule has 0 aliphatic rings. The Balaban J connectivity index is 2.56. The van der Waals surface area contributed by atoms with Crippen LogP contribution in [0.3, 0.4) is 0 Å². The lowest BCUT2D eigenvalue weighted by Gasteiger charge is -2.25. The van der Waals surface area contributed by atoms with Gasteiger partial charge >= 0.3 is 6.18 Å². The van der Waals surface area contributed by atoms with E-state index in [1.807, 2.05) is 0 Å². The number of aromatic nitrogens is 1. The standard InChI is InChI=1S/C14H21F3N2O2S/c1-9(2)5-19(8-14(15,16)17)13(20)7-22-6-12-10(3)18-21-11(12)4/h9H,5-8H2,1-4H3. The van der Waals surface area contributed by atoms with Crippen molar-refractivity contribution in [3.05, 3.63) is 17.0 Å². The molecule has 1 aromatic heterocycles. The molecular weight excluding hydrogens is 317 g/mol. The Hall–Kier alpha value is -1.18. The lowest BCUT2D eigenvalue weighted by atomic mass is 10.2. The van der Waals surface area contributed by atoms with Crippen LogP contribution in [0.25, 0.3) is 0 Å². The molecular formula is C14H21F3N2O2S. The molecule has 22 heavy (non-hydrogen) atoms. The Kier molecular flexibility index (Phi) is 6.77. The van der Waals surface area contributed by atoms with Gasteiger partial charge in [0.15, 0.2) is 0 Å². The van der Waals surface area contributed by atoms with E-state index in [1.165, 1.54) is 11.8 Å². The summed E-state index contributed by atoms with van der Waals surface area (Å²) in [6, 6.07) is 0. The van der Waals surface area contributed by atoms with Crippen molar-refractivity contribution in [3.63, 3.8) is 0 Å². The van der Waals surface area contributed by atoms with Gasteiger partial charge in [0.1, 0.15) is 12.3 Å². The van der Waals surface area contributed by atoms with Gasteiger partial charge in [0.05, 0.1) is 11.4 Å². The van der Waals surface area contributed by atoms with Crippen LogP contribution >= 0.6 is 11.8 Å². The van der Waals surface area contributed by atoms with Crippen molar-refractivity contribution >= 4 is 17.7 Å². The Morgan fingerprint density at radius 1 is 1.36 bits per heavy atom. The number of rotatable bonds is 7. The lowest BCUT2D eigenvalue weighted by molar-refractivity contribution is -0.160. The summed E-state index contributed by atoms with van der Waals surface area (Å²) in [5.74, 6) is 0.662. The van der Waals surface area contributed by atoms with E-state index in [4.69, 9.17) is 4.52 Å². The molecule has 126 valence electrons. The van der Waals surface area contributed by atoms with E-state index in [0.717, 1.165) is 16.2 Å². The summed E-state index contributed by atoms with van der Waals surface area (Å²) in [7, 11) is 0.